The van der Waals surface area contributed by atoms with Gasteiger partial charge in [-0.3, -0.25) is 4.98 Å². The molecule has 5 heteroatoms. The van der Waals surface area contributed by atoms with Crippen LogP contribution in [0.5, 0.6) is 5.75 Å². The van der Waals surface area contributed by atoms with Gasteiger partial charge in [-0.15, -0.1) is 0 Å². The average Bonchev–Trinajstić information content (AvgIpc) is 2.40. The summed E-state index contributed by atoms with van der Waals surface area (Å²) in [5, 5.41) is 0. The molecule has 0 amide bonds. The summed E-state index contributed by atoms with van der Waals surface area (Å²) in [5.74, 6) is 0.279. The van der Waals surface area contributed by atoms with Crippen molar-refractivity contribution in [1.29, 1.82) is 0 Å². The van der Waals surface area contributed by atoms with Crippen LogP contribution in [0.1, 0.15) is 11.3 Å². The summed E-state index contributed by atoms with van der Waals surface area (Å²) in [5.41, 5.74) is 7.32. The van der Waals surface area contributed by atoms with Crippen LogP contribution in [0.2, 0.25) is 0 Å². The minimum absolute atomic E-state index is 0.314. The maximum atomic E-state index is 13.1. The van der Waals surface area contributed by atoms with Crippen molar-refractivity contribution in [1.82, 2.24) is 4.98 Å². The number of pyridine rings is 1. The summed E-state index contributed by atoms with van der Waals surface area (Å²) < 4.78 is 19.0. The van der Waals surface area contributed by atoms with Crippen LogP contribution in [-0.2, 0) is 13.2 Å². The van der Waals surface area contributed by atoms with E-state index in [1.54, 1.807) is 18.3 Å². The molecule has 94 valence electrons. The fourth-order valence-electron chi connectivity index (χ4n) is 1.51. The number of halogens is 2. The predicted octanol–water partition coefficient (Wildman–Crippen LogP) is 3.02. The lowest BCUT2D eigenvalue weighted by Gasteiger charge is -2.09. The van der Waals surface area contributed by atoms with Gasteiger partial charge in [0.1, 0.15) is 18.2 Å². The number of hydrogen-bond donors (Lipinski definition) is 1. The van der Waals surface area contributed by atoms with Gasteiger partial charge in [-0.05, 0) is 40.2 Å². The first kappa shape index (κ1) is 13.0. The van der Waals surface area contributed by atoms with Crippen molar-refractivity contribution in [3.63, 3.8) is 0 Å². The lowest BCUT2D eigenvalue weighted by Crippen LogP contribution is -2.06. The van der Waals surface area contributed by atoms with Gasteiger partial charge >= 0.3 is 0 Å². The Balaban J connectivity index is 2.09. The Morgan fingerprint density at radius 2 is 2.17 bits per heavy atom. The largest absolute Gasteiger partial charge is 0.489 e. The van der Waals surface area contributed by atoms with Crippen LogP contribution in [0.4, 0.5) is 4.39 Å². The maximum absolute atomic E-state index is 13.1. The highest BCUT2D eigenvalue weighted by atomic mass is 79.9. The van der Waals surface area contributed by atoms with Crippen LogP contribution in [0.3, 0.4) is 0 Å². The number of aromatic nitrogens is 1. The van der Waals surface area contributed by atoms with Gasteiger partial charge in [0.25, 0.3) is 0 Å². The van der Waals surface area contributed by atoms with Gasteiger partial charge in [-0.2, -0.15) is 0 Å². The SMILES string of the molecule is NCc1ncccc1COc1ccc(F)c(Br)c1. The Bertz CT molecular complexity index is 548. The van der Waals surface area contributed by atoms with E-state index in [0.29, 0.717) is 23.4 Å². The lowest BCUT2D eigenvalue weighted by molar-refractivity contribution is 0.303. The molecule has 0 aliphatic carbocycles. The first-order valence-corrected chi connectivity index (χ1v) is 6.20. The van der Waals surface area contributed by atoms with Gasteiger partial charge in [-0.25, -0.2) is 4.39 Å². The molecule has 2 N–H and O–H groups in total. The number of nitrogens with zero attached hydrogens (tertiary/aromatic N) is 1. The second kappa shape index (κ2) is 5.93. The predicted molar refractivity (Wildman–Crippen MR) is 70.6 cm³/mol. The molecule has 0 fully saturated rings. The molecule has 1 aromatic heterocycles. The van der Waals surface area contributed by atoms with Crippen molar-refractivity contribution in [2.24, 2.45) is 5.73 Å². The highest BCUT2D eigenvalue weighted by Crippen LogP contribution is 2.22. The number of benzene rings is 1. The fourth-order valence-corrected chi connectivity index (χ4v) is 1.87. The lowest BCUT2D eigenvalue weighted by atomic mass is 10.2. The van der Waals surface area contributed by atoms with Crippen LogP contribution < -0.4 is 10.5 Å². The van der Waals surface area contributed by atoms with Gasteiger partial charge in [0.15, 0.2) is 0 Å². The summed E-state index contributed by atoms with van der Waals surface area (Å²) in [6, 6.07) is 8.27. The van der Waals surface area contributed by atoms with Crippen LogP contribution in [-0.4, -0.2) is 4.98 Å². The third-order valence-electron chi connectivity index (χ3n) is 2.46. The molecule has 0 atom stereocenters. The molecule has 2 aromatic rings. The van der Waals surface area contributed by atoms with Crippen molar-refractivity contribution in [2.75, 3.05) is 0 Å². The number of hydrogen-bond acceptors (Lipinski definition) is 3. The Morgan fingerprint density at radius 1 is 1.33 bits per heavy atom. The van der Waals surface area contributed by atoms with Gasteiger partial charge in [-0.1, -0.05) is 6.07 Å². The highest BCUT2D eigenvalue weighted by molar-refractivity contribution is 9.10. The first-order chi connectivity index (χ1) is 8.70. The topological polar surface area (TPSA) is 48.1 Å². The number of nitrogens with two attached hydrogens (primary N) is 1. The second-order valence-corrected chi connectivity index (χ2v) is 4.53. The molecule has 1 heterocycles. The molecule has 0 bridgehead atoms. The molecule has 2 rings (SSSR count). The van der Waals surface area contributed by atoms with Crippen LogP contribution >= 0.6 is 15.9 Å². The van der Waals surface area contributed by atoms with Crippen LogP contribution in [0.15, 0.2) is 41.0 Å². The summed E-state index contributed by atoms with van der Waals surface area (Å²) in [6.07, 6.45) is 1.69. The van der Waals surface area contributed by atoms with E-state index >= 15 is 0 Å². The molecule has 0 aliphatic rings. The van der Waals surface area contributed by atoms with E-state index < -0.39 is 0 Å². The summed E-state index contributed by atoms with van der Waals surface area (Å²) in [6.45, 7) is 0.727. The van der Waals surface area contributed by atoms with Crippen molar-refractivity contribution in [3.05, 3.63) is 58.1 Å². The van der Waals surface area contributed by atoms with Crippen molar-refractivity contribution in [2.45, 2.75) is 13.2 Å². The van der Waals surface area contributed by atoms with Crippen molar-refractivity contribution >= 4 is 15.9 Å². The fraction of sp³-hybridized carbons (Fsp3) is 0.154. The quantitative estimate of drug-likeness (QED) is 0.944. The standard InChI is InChI=1S/C13H12BrFN2O/c14-11-6-10(3-4-12(11)15)18-8-9-2-1-5-17-13(9)7-16/h1-6H,7-8,16H2. The zero-order valence-corrected chi connectivity index (χ0v) is 11.2. The van der Waals surface area contributed by atoms with E-state index in [1.165, 1.54) is 6.07 Å². The van der Waals surface area contributed by atoms with E-state index in [1.807, 2.05) is 12.1 Å². The van der Waals surface area contributed by atoms with E-state index in [-0.39, 0.29) is 5.82 Å². The van der Waals surface area contributed by atoms with E-state index in [0.717, 1.165) is 11.3 Å². The zero-order chi connectivity index (χ0) is 13.0. The molecule has 0 unspecified atom stereocenters. The Morgan fingerprint density at radius 3 is 2.89 bits per heavy atom. The molecule has 0 aliphatic heterocycles. The summed E-state index contributed by atoms with van der Waals surface area (Å²) in [7, 11) is 0. The first-order valence-electron chi connectivity index (χ1n) is 5.41. The normalized spacial score (nSPS) is 10.4. The minimum Gasteiger partial charge on any atom is -0.489 e. The van der Waals surface area contributed by atoms with Crippen LogP contribution in [0.25, 0.3) is 0 Å². The summed E-state index contributed by atoms with van der Waals surface area (Å²) >= 11 is 3.11. The Labute approximate surface area is 113 Å². The summed E-state index contributed by atoms with van der Waals surface area (Å²) in [4.78, 5) is 4.17. The zero-order valence-electron chi connectivity index (χ0n) is 9.57. The second-order valence-electron chi connectivity index (χ2n) is 3.68. The van der Waals surface area contributed by atoms with Crippen molar-refractivity contribution < 1.29 is 9.13 Å². The number of rotatable bonds is 4. The molecule has 3 nitrogen and oxygen atoms in total. The molecule has 1 aromatic carbocycles. The molecule has 0 radical (unpaired) electrons. The molecule has 0 saturated carbocycles. The van der Waals surface area contributed by atoms with E-state index in [4.69, 9.17) is 10.5 Å². The van der Waals surface area contributed by atoms with E-state index in [2.05, 4.69) is 20.9 Å². The molecular formula is C13H12BrFN2O. The van der Waals surface area contributed by atoms with Gasteiger partial charge in [0, 0.05) is 18.3 Å². The monoisotopic (exact) mass is 310 g/mol. The third kappa shape index (κ3) is 3.05. The van der Waals surface area contributed by atoms with E-state index in [9.17, 15) is 4.39 Å². The molecular weight excluding hydrogens is 299 g/mol. The minimum atomic E-state index is -0.314. The van der Waals surface area contributed by atoms with Gasteiger partial charge in [0.2, 0.25) is 0 Å². The third-order valence-corrected chi connectivity index (χ3v) is 3.07. The Hall–Kier alpha value is -1.46. The van der Waals surface area contributed by atoms with Gasteiger partial charge < -0.3 is 10.5 Å². The molecule has 18 heavy (non-hydrogen) atoms. The van der Waals surface area contributed by atoms with Gasteiger partial charge in [0.05, 0.1) is 10.2 Å². The van der Waals surface area contributed by atoms with Crippen LogP contribution in [0, 0.1) is 5.82 Å². The average molecular weight is 311 g/mol. The smallest absolute Gasteiger partial charge is 0.137 e. The maximum Gasteiger partial charge on any atom is 0.137 e. The molecule has 0 spiro atoms. The highest BCUT2D eigenvalue weighted by Gasteiger charge is 2.04. The number of ether oxygens (including phenoxy) is 1. The molecule has 0 saturated heterocycles. The van der Waals surface area contributed by atoms with Crippen molar-refractivity contribution in [3.8, 4) is 5.75 Å². The Kier molecular flexibility index (Phi) is 4.28.